The highest BCUT2D eigenvalue weighted by molar-refractivity contribution is 7.91. The lowest BCUT2D eigenvalue weighted by Gasteiger charge is -2.13. The van der Waals surface area contributed by atoms with Crippen molar-refractivity contribution in [1.82, 2.24) is 24.6 Å². The van der Waals surface area contributed by atoms with Crippen LogP contribution in [0, 0.1) is 11.8 Å². The molecule has 140 valence electrons. The maximum Gasteiger partial charge on any atom is 0.179 e. The summed E-state index contributed by atoms with van der Waals surface area (Å²) in [5.41, 5.74) is 2.39. The summed E-state index contributed by atoms with van der Waals surface area (Å²) in [4.78, 5) is 7.42. The summed E-state index contributed by atoms with van der Waals surface area (Å²) in [6.07, 6.45) is 5.19. The Morgan fingerprint density at radius 3 is 3.00 bits per heavy atom. The van der Waals surface area contributed by atoms with Crippen LogP contribution >= 0.6 is 0 Å². The van der Waals surface area contributed by atoms with Gasteiger partial charge in [0, 0.05) is 12.1 Å². The Morgan fingerprint density at radius 2 is 2.19 bits per heavy atom. The average Bonchev–Trinajstić information content (AvgIpc) is 3.29. The van der Waals surface area contributed by atoms with Gasteiger partial charge in [0.05, 0.1) is 29.9 Å². The summed E-state index contributed by atoms with van der Waals surface area (Å²) < 4.78 is 38.7. The van der Waals surface area contributed by atoms with Crippen LogP contribution < -0.4 is 0 Å². The van der Waals surface area contributed by atoms with Crippen molar-refractivity contribution in [2.24, 2.45) is 11.8 Å². The lowest BCUT2D eigenvalue weighted by atomic mass is 9.97. The van der Waals surface area contributed by atoms with E-state index in [0.717, 1.165) is 29.8 Å². The molecular weight excluding hydrogens is 357 g/mol. The first-order valence-corrected chi connectivity index (χ1v) is 10.7. The van der Waals surface area contributed by atoms with Gasteiger partial charge in [0.15, 0.2) is 21.1 Å². The first kappa shape index (κ1) is 17.4. The molecule has 1 aliphatic rings. The lowest BCUT2D eigenvalue weighted by molar-refractivity contribution is 0.482. The molecule has 1 fully saturated rings. The summed E-state index contributed by atoms with van der Waals surface area (Å²) >= 11 is 0. The van der Waals surface area contributed by atoms with Gasteiger partial charge in [0.2, 0.25) is 0 Å². The fourth-order valence-electron chi connectivity index (χ4n) is 4.23. The van der Waals surface area contributed by atoms with Crippen LogP contribution in [0.15, 0.2) is 18.5 Å². The number of nitrogens with one attached hydrogen (secondary N) is 1. The topological polar surface area (TPSA) is 93.0 Å². The minimum atomic E-state index is -3.21. The molecule has 0 aromatic carbocycles. The van der Waals surface area contributed by atoms with Gasteiger partial charge in [-0.25, -0.2) is 13.4 Å². The molecule has 0 unspecified atom stereocenters. The Hall–Kier alpha value is -2.03. The highest BCUT2D eigenvalue weighted by Gasteiger charge is 2.37. The van der Waals surface area contributed by atoms with E-state index in [1.165, 1.54) is 0 Å². The number of sulfone groups is 1. The van der Waals surface area contributed by atoms with E-state index in [9.17, 15) is 12.8 Å². The first-order chi connectivity index (χ1) is 12.5. The molecule has 0 saturated heterocycles. The van der Waals surface area contributed by atoms with Gasteiger partial charge in [-0.05, 0) is 37.2 Å². The molecule has 0 aliphatic heterocycles. The van der Waals surface area contributed by atoms with Crippen LogP contribution in [-0.2, 0) is 9.84 Å². The average molecular weight is 379 g/mol. The van der Waals surface area contributed by atoms with Crippen molar-refractivity contribution in [3.8, 4) is 0 Å². The van der Waals surface area contributed by atoms with Crippen LogP contribution in [0.1, 0.15) is 37.9 Å². The van der Waals surface area contributed by atoms with E-state index in [4.69, 9.17) is 0 Å². The van der Waals surface area contributed by atoms with Gasteiger partial charge in [0.1, 0.15) is 5.82 Å². The molecule has 3 atom stereocenters. The normalized spacial score (nSPS) is 24.0. The Balaban J connectivity index is 1.61. The van der Waals surface area contributed by atoms with Crippen molar-refractivity contribution in [2.75, 3.05) is 18.2 Å². The zero-order chi connectivity index (χ0) is 18.3. The van der Waals surface area contributed by atoms with Crippen LogP contribution in [0.5, 0.6) is 0 Å². The minimum absolute atomic E-state index is 0.0669. The fraction of sp³-hybridized carbons (Fsp3) is 0.588. The molecule has 0 bridgehead atoms. The third-order valence-electron chi connectivity index (χ3n) is 5.36. The third kappa shape index (κ3) is 3.08. The SMILES string of the molecule is C[C@@H]1C[C@H](CS(=O)(=O)CCCF)C[C@@H]1c1nnc2cnc3[nH]ccc3n12. The van der Waals surface area contributed by atoms with Gasteiger partial charge in [-0.15, -0.1) is 10.2 Å². The quantitative estimate of drug-likeness (QED) is 0.710. The van der Waals surface area contributed by atoms with Gasteiger partial charge in [0.25, 0.3) is 0 Å². The van der Waals surface area contributed by atoms with Crippen molar-refractivity contribution < 1.29 is 12.8 Å². The van der Waals surface area contributed by atoms with Gasteiger partial charge in [-0.3, -0.25) is 8.79 Å². The second-order valence-electron chi connectivity index (χ2n) is 7.30. The van der Waals surface area contributed by atoms with Crippen molar-refractivity contribution in [2.45, 2.75) is 32.1 Å². The standard InChI is InChI=1S/C17H22FN5O2S/c1-11-7-12(10-26(24,25)6-2-4-18)8-13(11)17-22-21-15-9-20-16-14(23(15)17)3-5-19-16/h3,5,9,11-13,19H,2,4,6-8,10H2,1H3/t11-,12+,13+/m1/s1. The molecule has 1 saturated carbocycles. The Kier molecular flexibility index (Phi) is 4.42. The van der Waals surface area contributed by atoms with E-state index in [1.54, 1.807) is 6.20 Å². The molecule has 0 spiro atoms. The first-order valence-electron chi connectivity index (χ1n) is 8.92. The van der Waals surface area contributed by atoms with Crippen molar-refractivity contribution >= 4 is 26.6 Å². The van der Waals surface area contributed by atoms with Gasteiger partial charge in [-0.1, -0.05) is 6.92 Å². The second-order valence-corrected chi connectivity index (χ2v) is 9.53. The van der Waals surface area contributed by atoms with E-state index >= 15 is 0 Å². The van der Waals surface area contributed by atoms with Crippen molar-refractivity contribution in [1.29, 1.82) is 0 Å². The minimum Gasteiger partial charge on any atom is -0.345 e. The van der Waals surface area contributed by atoms with E-state index in [-0.39, 0.29) is 29.8 Å². The molecule has 3 aromatic heterocycles. The van der Waals surface area contributed by atoms with E-state index in [0.29, 0.717) is 11.6 Å². The highest BCUT2D eigenvalue weighted by atomic mass is 32.2. The number of aromatic amines is 1. The van der Waals surface area contributed by atoms with Crippen LogP contribution in [0.25, 0.3) is 16.8 Å². The fourth-order valence-corrected chi connectivity index (χ4v) is 5.93. The highest BCUT2D eigenvalue weighted by Crippen LogP contribution is 2.43. The number of hydrogen-bond acceptors (Lipinski definition) is 5. The molecule has 1 aliphatic carbocycles. The van der Waals surface area contributed by atoms with Gasteiger partial charge >= 0.3 is 0 Å². The number of alkyl halides is 1. The molecule has 0 radical (unpaired) electrons. The smallest absolute Gasteiger partial charge is 0.179 e. The third-order valence-corrected chi connectivity index (χ3v) is 7.25. The maximum absolute atomic E-state index is 12.3. The van der Waals surface area contributed by atoms with Crippen molar-refractivity contribution in [3.05, 3.63) is 24.3 Å². The number of rotatable bonds is 6. The second kappa shape index (κ2) is 6.61. The summed E-state index contributed by atoms with van der Waals surface area (Å²) in [6.45, 7) is 1.55. The number of nitrogens with zero attached hydrogens (tertiary/aromatic N) is 4. The zero-order valence-electron chi connectivity index (χ0n) is 14.6. The van der Waals surface area contributed by atoms with E-state index in [2.05, 4.69) is 27.1 Å². The van der Waals surface area contributed by atoms with E-state index < -0.39 is 16.5 Å². The lowest BCUT2D eigenvalue weighted by Crippen LogP contribution is -2.18. The zero-order valence-corrected chi connectivity index (χ0v) is 15.4. The van der Waals surface area contributed by atoms with Crippen LogP contribution in [0.3, 0.4) is 0 Å². The summed E-state index contributed by atoms with van der Waals surface area (Å²) in [7, 11) is -3.21. The van der Waals surface area contributed by atoms with E-state index in [1.807, 2.05) is 16.7 Å². The summed E-state index contributed by atoms with van der Waals surface area (Å²) in [5, 5.41) is 8.64. The van der Waals surface area contributed by atoms with Gasteiger partial charge in [-0.2, -0.15) is 0 Å². The number of aromatic nitrogens is 5. The molecule has 26 heavy (non-hydrogen) atoms. The molecule has 9 heteroatoms. The Bertz CT molecular complexity index is 1030. The number of H-pyrrole nitrogens is 1. The maximum atomic E-state index is 12.3. The predicted molar refractivity (Wildman–Crippen MR) is 96.5 cm³/mol. The van der Waals surface area contributed by atoms with Gasteiger partial charge < -0.3 is 4.98 Å². The number of fused-ring (bicyclic) bond motifs is 3. The summed E-state index contributed by atoms with van der Waals surface area (Å²) in [5.74, 6) is 1.46. The largest absolute Gasteiger partial charge is 0.345 e. The molecule has 3 heterocycles. The van der Waals surface area contributed by atoms with Crippen LogP contribution in [0.2, 0.25) is 0 Å². The monoisotopic (exact) mass is 379 g/mol. The molecule has 4 rings (SSSR count). The molecular formula is C17H22FN5O2S. The number of hydrogen-bond donors (Lipinski definition) is 1. The molecule has 7 nitrogen and oxygen atoms in total. The number of halogens is 1. The van der Waals surface area contributed by atoms with Crippen LogP contribution in [-0.4, -0.2) is 51.2 Å². The molecule has 1 N–H and O–H groups in total. The molecule has 3 aromatic rings. The van der Waals surface area contributed by atoms with Crippen LogP contribution in [0.4, 0.5) is 4.39 Å². The Labute approximate surface area is 151 Å². The summed E-state index contributed by atoms with van der Waals surface area (Å²) in [6, 6.07) is 1.95. The predicted octanol–water partition coefficient (Wildman–Crippen LogP) is 2.51. The molecule has 0 amide bonds. The van der Waals surface area contributed by atoms with Crippen molar-refractivity contribution in [3.63, 3.8) is 0 Å². The Morgan fingerprint density at radius 1 is 1.35 bits per heavy atom.